The third-order valence-corrected chi connectivity index (χ3v) is 15.9. The number of amides is 1. The molecule has 0 saturated carbocycles. The standard InChI is InChI=1S/C36H43ClN8O11.C29H33ClN8O5/c1-2-3-12-31-38-34(37)33(43(31)24-25-13-15-26(16-14-25)28-10-4-5-11-29(28)35-39-41-42-40-35)30(46)23-27(36(48)54-20-7-9-22-56-45(51)52)17-18-32(47)53-19-6-8-21-55-44(49)50;1-2-3-10-25-32-28(30)27(24(39)15-16-26(40)31-17-6-7-18-43-38(41)42)37(25)19-20-11-13-21(14-12-20)22-8-4-5-9-23(22)29-33-35-36-34-29/h4-5,10-11,13-16,27H,2-3,6-9,12,17-24H2,1H3,(H,39,40,41,42);4-5,8-9,11-14H,2-3,6-7,10,15-19H2,1H3,(H,31,40)(H,33,34,35,36). The molecule has 3 N–H and O–H groups in total. The van der Waals surface area contributed by atoms with Gasteiger partial charge in [0.2, 0.25) is 17.6 Å². The van der Waals surface area contributed by atoms with Crippen LogP contribution in [0.3, 0.4) is 0 Å². The summed E-state index contributed by atoms with van der Waals surface area (Å²) in [5, 5.41) is 59.8. The molecule has 32 nitrogen and oxygen atoms in total. The number of aromatic nitrogens is 12. The number of nitrogens with one attached hydrogen (secondary N) is 3. The molecule has 99 heavy (non-hydrogen) atoms. The number of aromatic amines is 2. The highest BCUT2D eigenvalue weighted by Gasteiger charge is 2.30. The highest BCUT2D eigenvalue weighted by molar-refractivity contribution is 6.33. The van der Waals surface area contributed by atoms with Crippen molar-refractivity contribution in [3.05, 3.63) is 172 Å². The molecule has 8 aromatic rings. The van der Waals surface area contributed by atoms with Crippen LogP contribution >= 0.6 is 23.2 Å². The number of esters is 2. The van der Waals surface area contributed by atoms with Crippen LogP contribution in [0.4, 0.5) is 0 Å². The molecule has 8 rings (SSSR count). The van der Waals surface area contributed by atoms with E-state index in [0.717, 1.165) is 76.0 Å². The lowest BCUT2D eigenvalue weighted by molar-refractivity contribution is -0.757. The van der Waals surface area contributed by atoms with E-state index in [4.69, 9.17) is 32.7 Å². The number of carbonyl (C=O) groups is 5. The number of aryl methyl sites for hydroxylation is 2. The molecule has 0 bridgehead atoms. The highest BCUT2D eigenvalue weighted by atomic mass is 35.5. The Labute approximate surface area is 577 Å². The number of hydrogen-bond acceptors (Lipinski definition) is 24. The molecule has 34 heteroatoms. The molecule has 0 aliphatic heterocycles. The van der Waals surface area contributed by atoms with Gasteiger partial charge in [0.25, 0.3) is 15.3 Å². The van der Waals surface area contributed by atoms with E-state index < -0.39 is 38.9 Å². The van der Waals surface area contributed by atoms with E-state index in [1.165, 1.54) is 0 Å². The van der Waals surface area contributed by atoms with E-state index in [1.807, 2.05) is 109 Å². The number of ketones is 2. The molecule has 4 aromatic carbocycles. The van der Waals surface area contributed by atoms with Gasteiger partial charge in [0.15, 0.2) is 21.9 Å². The Kier molecular flexibility index (Phi) is 30.7. The second-order valence-corrected chi connectivity index (χ2v) is 23.2. The number of unbranched alkanes of at least 4 members (excludes halogenated alkanes) is 5. The van der Waals surface area contributed by atoms with Crippen LogP contribution in [0.1, 0.15) is 154 Å². The predicted molar refractivity (Wildman–Crippen MR) is 357 cm³/mol. The summed E-state index contributed by atoms with van der Waals surface area (Å²) in [6, 6.07) is 31.3. The maximum absolute atomic E-state index is 14.1. The molecule has 4 aromatic heterocycles. The van der Waals surface area contributed by atoms with Crippen LogP contribution in [-0.4, -0.2) is 145 Å². The lowest BCUT2D eigenvalue weighted by atomic mass is 9.95. The normalized spacial score (nSPS) is 11.2. The van der Waals surface area contributed by atoms with E-state index in [9.17, 15) is 54.3 Å². The quantitative estimate of drug-likeness (QED) is 0.0105. The van der Waals surface area contributed by atoms with Crippen LogP contribution < -0.4 is 5.32 Å². The fourth-order valence-corrected chi connectivity index (χ4v) is 11.0. The summed E-state index contributed by atoms with van der Waals surface area (Å²) in [5.41, 5.74) is 7.65. The van der Waals surface area contributed by atoms with E-state index in [1.54, 1.807) is 4.57 Å². The second-order valence-electron chi connectivity index (χ2n) is 22.5. The summed E-state index contributed by atoms with van der Waals surface area (Å²) in [6.45, 7) is 4.67. The van der Waals surface area contributed by atoms with Crippen molar-refractivity contribution >= 4 is 52.6 Å². The molecule has 0 aliphatic carbocycles. The largest absolute Gasteiger partial charge is 0.466 e. The summed E-state index contributed by atoms with van der Waals surface area (Å²) >= 11 is 13.1. The molecular weight excluding hydrogens is 1330 g/mol. The average Bonchev–Trinajstić information content (AvgIpc) is 1.84. The van der Waals surface area contributed by atoms with Gasteiger partial charge in [0, 0.05) is 69.3 Å². The van der Waals surface area contributed by atoms with Crippen LogP contribution in [0, 0.1) is 36.3 Å². The number of imidazole rings is 2. The van der Waals surface area contributed by atoms with Gasteiger partial charge in [-0.05, 0) is 102 Å². The minimum absolute atomic E-state index is 0.00913. The minimum Gasteiger partial charge on any atom is -0.466 e. The van der Waals surface area contributed by atoms with Crippen LogP contribution in [0.15, 0.2) is 97.1 Å². The number of H-pyrrole nitrogens is 2. The SMILES string of the molecule is CCCCc1nc(Cl)c(C(=O)CC(CCC(=O)OCCCCO[N+](=O)[O-])C(=O)OCCCCO[N+](=O)[O-])n1Cc1ccc(-c2ccccc2-c2nn[nH]n2)cc1.CCCCc1nc(Cl)c(C(=O)CCC(=O)NCCCCO[N+](=O)[O-])n1Cc1ccc(-c2ccccc2-c2nn[nH]n2)cc1. The molecule has 1 unspecified atom stereocenters. The minimum atomic E-state index is -1.06. The van der Waals surface area contributed by atoms with Crippen molar-refractivity contribution in [3.8, 4) is 45.0 Å². The number of rotatable bonds is 43. The number of halogens is 2. The topological polar surface area (TPSA) is 418 Å². The van der Waals surface area contributed by atoms with Gasteiger partial charge < -0.3 is 38.4 Å². The first-order valence-corrected chi connectivity index (χ1v) is 33.0. The number of ether oxygens (including phenoxy) is 2. The smallest absolute Gasteiger partial charge is 0.309 e. The summed E-state index contributed by atoms with van der Waals surface area (Å²) < 4.78 is 14.2. The lowest BCUT2D eigenvalue weighted by Gasteiger charge is -2.17. The van der Waals surface area contributed by atoms with E-state index >= 15 is 0 Å². The number of hydrogen-bond donors (Lipinski definition) is 3. The number of Topliss-reactive ketones (excluding diaryl/α,β-unsaturated/α-hetero) is 2. The molecule has 1 amide bonds. The molecule has 0 radical (unpaired) electrons. The van der Waals surface area contributed by atoms with Gasteiger partial charge >= 0.3 is 11.9 Å². The van der Waals surface area contributed by atoms with E-state index in [2.05, 4.69) is 78.0 Å². The van der Waals surface area contributed by atoms with Crippen molar-refractivity contribution in [2.45, 2.75) is 136 Å². The van der Waals surface area contributed by atoms with Gasteiger partial charge in [-0.15, -0.1) is 50.7 Å². The summed E-state index contributed by atoms with van der Waals surface area (Å²) in [6.07, 6.45) is 6.13. The second kappa shape index (κ2) is 40.2. The Morgan fingerprint density at radius 1 is 0.535 bits per heavy atom. The first-order chi connectivity index (χ1) is 47.9. The van der Waals surface area contributed by atoms with Crippen LogP contribution in [0.25, 0.3) is 45.0 Å². The van der Waals surface area contributed by atoms with E-state index in [-0.39, 0.29) is 112 Å². The third-order valence-electron chi connectivity index (χ3n) is 15.4. The zero-order valence-corrected chi connectivity index (χ0v) is 56.1. The third kappa shape index (κ3) is 24.2. The first-order valence-electron chi connectivity index (χ1n) is 32.3. The Morgan fingerprint density at radius 3 is 1.41 bits per heavy atom. The van der Waals surface area contributed by atoms with Crippen molar-refractivity contribution in [3.63, 3.8) is 0 Å². The van der Waals surface area contributed by atoms with Crippen molar-refractivity contribution < 1.29 is 63.2 Å². The molecular formula is C65H76Cl2N16O16. The van der Waals surface area contributed by atoms with Gasteiger partial charge in [0.05, 0.1) is 39.0 Å². The van der Waals surface area contributed by atoms with Crippen LogP contribution in [0.2, 0.25) is 10.3 Å². The summed E-state index contributed by atoms with van der Waals surface area (Å²) in [7, 11) is 0. The first kappa shape index (κ1) is 75.7. The van der Waals surface area contributed by atoms with Gasteiger partial charge in [-0.2, -0.15) is 10.4 Å². The monoisotopic (exact) mass is 1410 g/mol. The van der Waals surface area contributed by atoms with Gasteiger partial charge in [-0.1, -0.05) is 147 Å². The summed E-state index contributed by atoms with van der Waals surface area (Å²) in [5.74, 6) is -1.15. The van der Waals surface area contributed by atoms with Crippen molar-refractivity contribution in [2.75, 3.05) is 39.6 Å². The maximum Gasteiger partial charge on any atom is 0.309 e. The Bertz CT molecular complexity index is 3930. The molecule has 0 aliphatic rings. The Hall–Kier alpha value is -10.6. The molecule has 0 fully saturated rings. The molecule has 1 atom stereocenters. The summed E-state index contributed by atoms with van der Waals surface area (Å²) in [4.78, 5) is 118. The van der Waals surface area contributed by atoms with Crippen molar-refractivity contribution in [1.29, 1.82) is 0 Å². The van der Waals surface area contributed by atoms with Gasteiger partial charge in [0.1, 0.15) is 23.0 Å². The predicted octanol–water partition coefficient (Wildman–Crippen LogP) is 10.6. The van der Waals surface area contributed by atoms with Crippen molar-refractivity contribution in [2.24, 2.45) is 5.92 Å². The van der Waals surface area contributed by atoms with Crippen molar-refractivity contribution in [1.82, 2.24) is 65.7 Å². The zero-order valence-electron chi connectivity index (χ0n) is 54.6. The zero-order chi connectivity index (χ0) is 70.9. The molecule has 0 saturated heterocycles. The fraction of sp³-hybridized carbons (Fsp3) is 0.431. The Balaban J connectivity index is 0.000000288. The van der Waals surface area contributed by atoms with Crippen LogP contribution in [0.5, 0.6) is 0 Å². The highest BCUT2D eigenvalue weighted by Crippen LogP contribution is 2.33. The van der Waals surface area contributed by atoms with Gasteiger partial charge in [-0.3, -0.25) is 24.0 Å². The number of carbonyl (C=O) groups excluding carboxylic acids is 5. The van der Waals surface area contributed by atoms with Gasteiger partial charge in [-0.25, -0.2) is 9.97 Å². The molecule has 526 valence electrons. The number of benzene rings is 4. The van der Waals surface area contributed by atoms with E-state index in [0.29, 0.717) is 74.8 Å². The molecule has 0 spiro atoms. The lowest BCUT2D eigenvalue weighted by Crippen LogP contribution is -2.25. The molecule has 4 heterocycles. The maximum atomic E-state index is 14.1. The van der Waals surface area contributed by atoms with Crippen LogP contribution in [-0.2, 0) is 64.3 Å². The average molecular weight is 1410 g/mol. The number of tetrazole rings is 2. The number of nitrogens with zero attached hydrogens (tertiary/aromatic N) is 13. The fourth-order valence-electron chi connectivity index (χ4n) is 10.4. The Morgan fingerprint density at radius 2 is 0.970 bits per heavy atom.